The molecule has 4 aromatic rings. The fourth-order valence-electron chi connectivity index (χ4n) is 4.16. The maximum Gasteiger partial charge on any atom is 0.266 e. The number of nitrogens with zero attached hydrogens (tertiary/aromatic N) is 3. The molecule has 0 atom stereocenters. The van der Waals surface area contributed by atoms with Gasteiger partial charge in [0.05, 0.1) is 24.6 Å². The standard InChI is InChI=1S/C33H34N4O3/c1-3-5-6-10-21-40-31-17-13-25(14-18-31)32-27(24-37(36-32)29-11-8-7-9-12-29)22-26(23-34)33(38)35-28-15-19-30(20-16-28)39-4-2/h7-9,11-20,22,24H,3-6,10,21H2,1-2H3,(H,35,38)/b26-22+. The molecule has 0 saturated heterocycles. The lowest BCUT2D eigenvalue weighted by Crippen LogP contribution is -2.13. The number of hydrogen-bond acceptors (Lipinski definition) is 5. The molecule has 1 heterocycles. The lowest BCUT2D eigenvalue weighted by Gasteiger charge is -2.07. The van der Waals surface area contributed by atoms with Gasteiger partial charge < -0.3 is 14.8 Å². The number of amides is 1. The minimum Gasteiger partial charge on any atom is -0.494 e. The van der Waals surface area contributed by atoms with Crippen LogP contribution in [0.1, 0.15) is 45.1 Å². The van der Waals surface area contributed by atoms with Crippen molar-refractivity contribution < 1.29 is 14.3 Å². The van der Waals surface area contributed by atoms with Crippen molar-refractivity contribution >= 4 is 17.7 Å². The van der Waals surface area contributed by atoms with E-state index >= 15 is 0 Å². The Hall–Kier alpha value is -4.83. The summed E-state index contributed by atoms with van der Waals surface area (Å²) in [5.41, 5.74) is 3.56. The molecular weight excluding hydrogens is 500 g/mol. The van der Waals surface area contributed by atoms with Crippen LogP contribution in [0, 0.1) is 11.3 Å². The Morgan fingerprint density at radius 3 is 2.30 bits per heavy atom. The van der Waals surface area contributed by atoms with Gasteiger partial charge >= 0.3 is 0 Å². The van der Waals surface area contributed by atoms with Crippen LogP contribution in [0.5, 0.6) is 11.5 Å². The van der Waals surface area contributed by atoms with Crippen molar-refractivity contribution in [1.82, 2.24) is 9.78 Å². The number of nitrogens with one attached hydrogen (secondary N) is 1. The van der Waals surface area contributed by atoms with Crippen molar-refractivity contribution in [2.75, 3.05) is 18.5 Å². The Bertz CT molecular complexity index is 1450. The summed E-state index contributed by atoms with van der Waals surface area (Å²) < 4.78 is 13.1. The Morgan fingerprint density at radius 2 is 1.62 bits per heavy atom. The zero-order valence-electron chi connectivity index (χ0n) is 23.0. The first-order valence-corrected chi connectivity index (χ1v) is 13.7. The molecule has 204 valence electrons. The van der Waals surface area contributed by atoms with Gasteiger partial charge in [-0.25, -0.2) is 4.68 Å². The van der Waals surface area contributed by atoms with E-state index in [2.05, 4.69) is 12.2 Å². The highest BCUT2D eigenvalue weighted by Gasteiger charge is 2.16. The van der Waals surface area contributed by atoms with E-state index in [1.165, 1.54) is 12.8 Å². The highest BCUT2D eigenvalue weighted by Crippen LogP contribution is 2.28. The van der Waals surface area contributed by atoms with Crippen molar-refractivity contribution in [3.8, 4) is 34.5 Å². The summed E-state index contributed by atoms with van der Waals surface area (Å²) in [6.45, 7) is 5.34. The Morgan fingerprint density at radius 1 is 0.925 bits per heavy atom. The molecule has 1 amide bonds. The molecule has 4 rings (SSSR count). The van der Waals surface area contributed by atoms with Gasteiger partial charge in [0.15, 0.2) is 0 Å². The number of unbranched alkanes of at least 4 members (excludes halogenated alkanes) is 3. The van der Waals surface area contributed by atoms with Crippen LogP contribution in [-0.2, 0) is 4.79 Å². The van der Waals surface area contributed by atoms with Gasteiger partial charge in [0.2, 0.25) is 0 Å². The number of aromatic nitrogens is 2. The van der Waals surface area contributed by atoms with E-state index in [4.69, 9.17) is 14.6 Å². The third kappa shape index (κ3) is 7.61. The maximum atomic E-state index is 13.0. The Labute approximate surface area is 235 Å². The average Bonchev–Trinajstić information content (AvgIpc) is 3.41. The molecule has 1 aromatic heterocycles. The number of rotatable bonds is 13. The van der Waals surface area contributed by atoms with Crippen molar-refractivity contribution in [1.29, 1.82) is 5.26 Å². The highest BCUT2D eigenvalue weighted by atomic mass is 16.5. The molecule has 3 aromatic carbocycles. The number of hydrogen-bond donors (Lipinski definition) is 1. The number of carbonyl (C=O) groups is 1. The van der Waals surface area contributed by atoms with Crippen LogP contribution in [0.3, 0.4) is 0 Å². The minimum atomic E-state index is -0.503. The lowest BCUT2D eigenvalue weighted by molar-refractivity contribution is -0.112. The van der Waals surface area contributed by atoms with Crippen LogP contribution >= 0.6 is 0 Å². The van der Waals surface area contributed by atoms with Crippen molar-refractivity contribution in [2.45, 2.75) is 39.5 Å². The molecule has 0 aliphatic heterocycles. The first-order chi connectivity index (χ1) is 19.6. The predicted molar refractivity (Wildman–Crippen MR) is 158 cm³/mol. The Balaban J connectivity index is 1.59. The third-order valence-corrected chi connectivity index (χ3v) is 6.25. The minimum absolute atomic E-state index is 0.0326. The molecule has 40 heavy (non-hydrogen) atoms. The third-order valence-electron chi connectivity index (χ3n) is 6.25. The molecule has 0 bridgehead atoms. The van der Waals surface area contributed by atoms with Gasteiger partial charge in [-0.3, -0.25) is 4.79 Å². The second-order valence-electron chi connectivity index (χ2n) is 9.23. The number of carbonyl (C=O) groups excluding carboxylic acids is 1. The van der Waals surface area contributed by atoms with E-state index < -0.39 is 5.91 Å². The summed E-state index contributed by atoms with van der Waals surface area (Å²) in [4.78, 5) is 13.0. The molecule has 0 fully saturated rings. The van der Waals surface area contributed by atoms with Gasteiger partial charge in [-0.2, -0.15) is 10.4 Å². The molecule has 7 nitrogen and oxygen atoms in total. The topological polar surface area (TPSA) is 89.2 Å². The lowest BCUT2D eigenvalue weighted by atomic mass is 10.1. The molecule has 7 heteroatoms. The predicted octanol–water partition coefficient (Wildman–Crippen LogP) is 7.44. The Kier molecular flexibility index (Phi) is 10.1. The van der Waals surface area contributed by atoms with E-state index in [1.54, 1.807) is 35.0 Å². The van der Waals surface area contributed by atoms with Gasteiger partial charge in [0.25, 0.3) is 5.91 Å². The van der Waals surface area contributed by atoms with E-state index in [-0.39, 0.29) is 5.57 Å². The number of nitriles is 1. The zero-order chi connectivity index (χ0) is 28.2. The number of para-hydroxylation sites is 1. The van der Waals surface area contributed by atoms with Crippen molar-refractivity contribution in [3.05, 3.63) is 96.2 Å². The largest absolute Gasteiger partial charge is 0.494 e. The molecule has 0 radical (unpaired) electrons. The van der Waals surface area contributed by atoms with Gasteiger partial charge in [-0.1, -0.05) is 44.4 Å². The fraction of sp³-hybridized carbons (Fsp3) is 0.242. The SMILES string of the molecule is CCCCCCOc1ccc(-c2nn(-c3ccccc3)cc2/C=C(\C#N)C(=O)Nc2ccc(OCC)cc2)cc1. The summed E-state index contributed by atoms with van der Waals surface area (Å²) in [7, 11) is 0. The molecule has 0 unspecified atom stereocenters. The molecule has 0 saturated carbocycles. The second-order valence-corrected chi connectivity index (χ2v) is 9.23. The maximum absolute atomic E-state index is 13.0. The van der Waals surface area contributed by atoms with E-state index in [9.17, 15) is 10.1 Å². The summed E-state index contributed by atoms with van der Waals surface area (Å²) in [5, 5.41) is 17.5. The second kappa shape index (κ2) is 14.4. The van der Waals surface area contributed by atoms with Crippen LogP contribution < -0.4 is 14.8 Å². The fourth-order valence-corrected chi connectivity index (χ4v) is 4.16. The molecular formula is C33H34N4O3. The average molecular weight is 535 g/mol. The van der Waals surface area contributed by atoms with Crippen LogP contribution in [0.25, 0.3) is 23.0 Å². The normalized spacial score (nSPS) is 11.1. The van der Waals surface area contributed by atoms with Gasteiger partial charge in [0.1, 0.15) is 23.1 Å². The number of benzene rings is 3. The van der Waals surface area contributed by atoms with Crippen molar-refractivity contribution in [2.24, 2.45) is 0 Å². The number of ether oxygens (including phenoxy) is 2. The van der Waals surface area contributed by atoms with Crippen molar-refractivity contribution in [3.63, 3.8) is 0 Å². The van der Waals surface area contributed by atoms with Crippen LogP contribution in [0.2, 0.25) is 0 Å². The quantitative estimate of drug-likeness (QED) is 0.109. The highest BCUT2D eigenvalue weighted by molar-refractivity contribution is 6.10. The van der Waals surface area contributed by atoms with E-state index in [0.717, 1.165) is 29.8 Å². The first-order valence-electron chi connectivity index (χ1n) is 13.7. The van der Waals surface area contributed by atoms with Crippen LogP contribution in [0.4, 0.5) is 5.69 Å². The summed E-state index contributed by atoms with van der Waals surface area (Å²) in [6, 6.07) is 26.5. The smallest absolute Gasteiger partial charge is 0.266 e. The van der Waals surface area contributed by atoms with E-state index in [1.807, 2.05) is 73.8 Å². The van der Waals surface area contributed by atoms with Crippen LogP contribution in [-0.4, -0.2) is 28.9 Å². The van der Waals surface area contributed by atoms with Gasteiger partial charge in [0, 0.05) is 23.0 Å². The summed E-state index contributed by atoms with van der Waals surface area (Å²) >= 11 is 0. The molecule has 0 aliphatic carbocycles. The number of anilines is 1. The first kappa shape index (κ1) is 28.2. The monoisotopic (exact) mass is 534 g/mol. The van der Waals surface area contributed by atoms with Gasteiger partial charge in [-0.15, -0.1) is 0 Å². The van der Waals surface area contributed by atoms with Crippen LogP contribution in [0.15, 0.2) is 90.6 Å². The summed E-state index contributed by atoms with van der Waals surface area (Å²) in [5.74, 6) is 1.01. The molecule has 0 spiro atoms. The zero-order valence-corrected chi connectivity index (χ0v) is 23.0. The summed E-state index contributed by atoms with van der Waals surface area (Å²) in [6.07, 6.45) is 7.99. The molecule has 0 aliphatic rings. The van der Waals surface area contributed by atoms with E-state index in [0.29, 0.717) is 35.9 Å². The molecule has 1 N–H and O–H groups in total. The van der Waals surface area contributed by atoms with Gasteiger partial charge in [-0.05, 0) is 80.1 Å².